The molecule has 1 aliphatic carbocycles. The van der Waals surface area contributed by atoms with Crippen molar-refractivity contribution in [3.05, 3.63) is 53.6 Å². The second-order valence-electron chi connectivity index (χ2n) is 8.89. The highest BCUT2D eigenvalue weighted by Gasteiger charge is 2.27. The fourth-order valence-corrected chi connectivity index (χ4v) is 5.13. The molecule has 33 heavy (non-hydrogen) atoms. The Balaban J connectivity index is 1.92. The Hall–Kier alpha value is -2.87. The summed E-state index contributed by atoms with van der Waals surface area (Å²) in [5, 5.41) is 5.12. The molecule has 1 amide bonds. The maximum absolute atomic E-state index is 12.8. The predicted octanol–water partition coefficient (Wildman–Crippen LogP) is 2.64. The number of benzene rings is 2. The molecule has 1 saturated carbocycles. The van der Waals surface area contributed by atoms with Gasteiger partial charge in [0.15, 0.2) is 0 Å². The number of ether oxygens (including phenoxy) is 1. The number of carbonyl (C=O) groups excluding carboxylic acids is 1. The van der Waals surface area contributed by atoms with Crippen molar-refractivity contribution in [2.75, 3.05) is 6.61 Å². The third-order valence-corrected chi connectivity index (χ3v) is 7.15. The Morgan fingerprint density at radius 1 is 1.09 bits per heavy atom. The molecule has 0 bridgehead atoms. The van der Waals surface area contributed by atoms with Crippen LogP contribution in [0.25, 0.3) is 0 Å². The lowest BCUT2D eigenvalue weighted by Gasteiger charge is -2.13. The van der Waals surface area contributed by atoms with Crippen molar-refractivity contribution in [3.8, 4) is 17.6 Å². The number of hydrogen-bond donors (Lipinski definition) is 2. The molecule has 10 heteroatoms. The molecule has 1 fully saturated rings. The molecular formula is C23H26N2O6S2. The van der Waals surface area contributed by atoms with Gasteiger partial charge in [0, 0.05) is 11.0 Å². The van der Waals surface area contributed by atoms with Gasteiger partial charge >= 0.3 is 0 Å². The molecule has 0 atom stereocenters. The van der Waals surface area contributed by atoms with E-state index < -0.39 is 35.7 Å². The summed E-state index contributed by atoms with van der Waals surface area (Å²) in [6.45, 7) is 6.39. The van der Waals surface area contributed by atoms with Gasteiger partial charge in [-0.25, -0.2) is 26.7 Å². The number of primary sulfonamides is 1. The van der Waals surface area contributed by atoms with Gasteiger partial charge in [0.1, 0.15) is 15.5 Å². The van der Waals surface area contributed by atoms with Crippen LogP contribution in [0, 0.1) is 23.2 Å². The van der Waals surface area contributed by atoms with Gasteiger partial charge in [-0.05, 0) is 69.9 Å². The first-order chi connectivity index (χ1) is 15.3. The van der Waals surface area contributed by atoms with Crippen LogP contribution in [0.2, 0.25) is 0 Å². The molecule has 1 aliphatic rings. The quantitative estimate of drug-likeness (QED) is 0.574. The first-order valence-electron chi connectivity index (χ1n) is 10.3. The summed E-state index contributed by atoms with van der Waals surface area (Å²) in [6.07, 6.45) is 2.15. The van der Waals surface area contributed by atoms with E-state index in [-0.39, 0.29) is 11.0 Å². The minimum absolute atomic E-state index is 0.0266. The first-order valence-corrected chi connectivity index (χ1v) is 13.3. The molecule has 2 aromatic carbocycles. The fraction of sp³-hybridized carbons (Fsp3) is 0.348. The van der Waals surface area contributed by atoms with Crippen LogP contribution < -0.4 is 14.6 Å². The highest BCUT2D eigenvalue weighted by atomic mass is 32.2. The van der Waals surface area contributed by atoms with Crippen molar-refractivity contribution in [3.63, 3.8) is 0 Å². The zero-order valence-corrected chi connectivity index (χ0v) is 20.2. The van der Waals surface area contributed by atoms with Crippen molar-refractivity contribution in [2.45, 2.75) is 43.4 Å². The standard InChI is InChI=1S/C23H26N2O6S2/c1-23(2,3)13-12-17-10-11-18(14-19(17)31-15-16-8-9-16)22(26)25-33(29,30)21-7-5-4-6-20(21)32(24,27)28/h4-7,10-11,14,16H,8-9,15H2,1-3H3,(H,25,26)(H2,24,27,28). The maximum Gasteiger partial charge on any atom is 0.265 e. The van der Waals surface area contributed by atoms with Crippen LogP contribution >= 0.6 is 0 Å². The van der Waals surface area contributed by atoms with E-state index >= 15 is 0 Å². The maximum atomic E-state index is 12.8. The average molecular weight is 491 g/mol. The third-order valence-electron chi connectivity index (χ3n) is 4.66. The minimum Gasteiger partial charge on any atom is -0.492 e. The molecule has 8 nitrogen and oxygen atoms in total. The number of nitrogens with two attached hydrogens (primary N) is 1. The number of amides is 1. The Labute approximate surface area is 194 Å². The van der Waals surface area contributed by atoms with Gasteiger partial charge in [0.05, 0.1) is 12.2 Å². The van der Waals surface area contributed by atoms with Gasteiger partial charge in [-0.2, -0.15) is 0 Å². The van der Waals surface area contributed by atoms with Crippen LogP contribution in [0.3, 0.4) is 0 Å². The predicted molar refractivity (Wildman–Crippen MR) is 123 cm³/mol. The number of hydrogen-bond acceptors (Lipinski definition) is 6. The summed E-state index contributed by atoms with van der Waals surface area (Å²) < 4.78 is 56.8. The molecule has 2 aromatic rings. The van der Waals surface area contributed by atoms with E-state index in [4.69, 9.17) is 9.88 Å². The Kier molecular flexibility index (Phi) is 6.88. The molecule has 0 unspecified atom stereocenters. The van der Waals surface area contributed by atoms with Crippen LogP contribution in [-0.4, -0.2) is 29.3 Å². The highest BCUT2D eigenvalue weighted by Crippen LogP contribution is 2.31. The molecule has 0 spiro atoms. The van der Waals surface area contributed by atoms with Gasteiger partial charge < -0.3 is 4.74 Å². The second kappa shape index (κ2) is 9.17. The van der Waals surface area contributed by atoms with Crippen molar-refractivity contribution < 1.29 is 26.4 Å². The van der Waals surface area contributed by atoms with E-state index in [1.807, 2.05) is 25.5 Å². The molecule has 0 aromatic heterocycles. The Morgan fingerprint density at radius 3 is 2.30 bits per heavy atom. The van der Waals surface area contributed by atoms with Crippen LogP contribution in [0.4, 0.5) is 0 Å². The molecule has 0 saturated heterocycles. The average Bonchev–Trinajstić information content (AvgIpc) is 3.54. The topological polar surface area (TPSA) is 133 Å². The molecule has 0 heterocycles. The number of carbonyl (C=O) groups is 1. The van der Waals surface area contributed by atoms with Crippen molar-refractivity contribution in [1.29, 1.82) is 0 Å². The molecule has 176 valence electrons. The van der Waals surface area contributed by atoms with Crippen LogP contribution in [0.5, 0.6) is 5.75 Å². The van der Waals surface area contributed by atoms with Crippen molar-refractivity contribution in [2.24, 2.45) is 16.5 Å². The zero-order chi connectivity index (χ0) is 24.4. The second-order valence-corrected chi connectivity index (χ2v) is 12.1. The van der Waals surface area contributed by atoms with Crippen molar-refractivity contribution in [1.82, 2.24) is 4.72 Å². The van der Waals surface area contributed by atoms with E-state index in [2.05, 4.69) is 11.8 Å². The van der Waals surface area contributed by atoms with E-state index in [9.17, 15) is 21.6 Å². The van der Waals surface area contributed by atoms with E-state index in [1.54, 1.807) is 6.07 Å². The Morgan fingerprint density at radius 2 is 1.73 bits per heavy atom. The molecule has 0 aliphatic heterocycles. The largest absolute Gasteiger partial charge is 0.492 e. The summed E-state index contributed by atoms with van der Waals surface area (Å²) in [6, 6.07) is 9.26. The van der Waals surface area contributed by atoms with E-state index in [1.165, 1.54) is 24.3 Å². The van der Waals surface area contributed by atoms with Gasteiger partial charge in [0.2, 0.25) is 10.0 Å². The highest BCUT2D eigenvalue weighted by molar-refractivity contribution is 7.92. The fourth-order valence-electron chi connectivity index (χ4n) is 2.78. The minimum atomic E-state index is -4.52. The molecule has 0 radical (unpaired) electrons. The summed E-state index contributed by atoms with van der Waals surface area (Å²) >= 11 is 0. The van der Waals surface area contributed by atoms with Gasteiger partial charge in [0.25, 0.3) is 15.9 Å². The zero-order valence-electron chi connectivity index (χ0n) is 18.6. The van der Waals surface area contributed by atoms with E-state index in [0.29, 0.717) is 23.8 Å². The lowest BCUT2D eigenvalue weighted by atomic mass is 9.97. The normalized spacial score (nSPS) is 14.2. The summed E-state index contributed by atoms with van der Waals surface area (Å²) in [7, 11) is -8.84. The molecule has 3 N–H and O–H groups in total. The van der Waals surface area contributed by atoms with Gasteiger partial charge in [-0.15, -0.1) is 0 Å². The Bertz CT molecular complexity index is 1340. The lowest BCUT2D eigenvalue weighted by molar-refractivity contribution is 0.0981. The number of sulfonamides is 2. The van der Waals surface area contributed by atoms with Gasteiger partial charge in [-0.3, -0.25) is 4.79 Å². The van der Waals surface area contributed by atoms with E-state index in [0.717, 1.165) is 25.0 Å². The number of nitrogens with one attached hydrogen (secondary N) is 1. The summed E-state index contributed by atoms with van der Waals surface area (Å²) in [4.78, 5) is 11.5. The van der Waals surface area contributed by atoms with Crippen LogP contribution in [-0.2, 0) is 20.0 Å². The van der Waals surface area contributed by atoms with Crippen LogP contribution in [0.1, 0.15) is 49.5 Å². The van der Waals surface area contributed by atoms with Crippen molar-refractivity contribution >= 4 is 26.0 Å². The molecular weight excluding hydrogens is 464 g/mol. The third kappa shape index (κ3) is 6.81. The lowest BCUT2D eigenvalue weighted by Crippen LogP contribution is -2.32. The number of rotatable bonds is 7. The summed E-state index contributed by atoms with van der Waals surface area (Å²) in [5.41, 5.74) is 0.373. The molecule has 3 rings (SSSR count). The monoisotopic (exact) mass is 490 g/mol. The van der Waals surface area contributed by atoms with Gasteiger partial charge in [-0.1, -0.05) is 24.0 Å². The summed E-state index contributed by atoms with van der Waals surface area (Å²) in [5.74, 6) is 6.07. The first kappa shape index (κ1) is 24.8. The SMILES string of the molecule is CC(C)(C)C#Cc1ccc(C(=O)NS(=O)(=O)c2ccccc2S(N)(=O)=O)cc1OCC1CC1. The van der Waals surface area contributed by atoms with Crippen LogP contribution in [0.15, 0.2) is 52.3 Å². The smallest absolute Gasteiger partial charge is 0.265 e.